The molecule has 29 heavy (non-hydrogen) atoms. The average Bonchev–Trinajstić information content (AvgIpc) is 2.72. The fourth-order valence-electron chi connectivity index (χ4n) is 3.53. The molecule has 2 rings (SSSR count). The van der Waals surface area contributed by atoms with Gasteiger partial charge in [0.2, 0.25) is 0 Å². The van der Waals surface area contributed by atoms with Crippen molar-refractivity contribution >= 4 is 5.91 Å². The molecule has 0 bridgehead atoms. The Morgan fingerprint density at radius 2 is 2.03 bits per heavy atom. The second-order valence-electron chi connectivity index (χ2n) is 7.81. The van der Waals surface area contributed by atoms with Crippen LogP contribution in [0.25, 0.3) is 0 Å². The zero-order valence-corrected chi connectivity index (χ0v) is 18.3. The largest absolute Gasteiger partial charge is 0.497 e. The van der Waals surface area contributed by atoms with E-state index in [1.54, 1.807) is 32.4 Å². The molecule has 162 valence electrons. The molecule has 0 spiro atoms. The molecule has 1 aromatic carbocycles. The normalized spacial score (nSPS) is 16.3. The Hall–Kier alpha value is -2.05. The van der Waals surface area contributed by atoms with Gasteiger partial charge in [0.05, 0.1) is 19.3 Å². The average molecular weight is 405 g/mol. The number of ether oxygens (including phenoxy) is 3. The molecule has 1 heterocycles. The molecule has 6 heteroatoms. The van der Waals surface area contributed by atoms with Gasteiger partial charge in [0.15, 0.2) is 0 Å². The molecule has 0 radical (unpaired) electrons. The fraction of sp³-hybridized carbons (Fsp3) is 0.609. The van der Waals surface area contributed by atoms with Crippen molar-refractivity contribution in [1.82, 2.24) is 10.2 Å². The molecule has 1 saturated heterocycles. The highest BCUT2D eigenvalue weighted by molar-refractivity contribution is 5.97. The number of likely N-dealkylation sites (tertiary alicyclic amines) is 1. The van der Waals surface area contributed by atoms with Gasteiger partial charge in [-0.3, -0.25) is 4.79 Å². The van der Waals surface area contributed by atoms with Gasteiger partial charge < -0.3 is 24.4 Å². The lowest BCUT2D eigenvalue weighted by Gasteiger charge is -2.36. The van der Waals surface area contributed by atoms with E-state index in [-0.39, 0.29) is 12.0 Å². The molecule has 6 nitrogen and oxygen atoms in total. The second kappa shape index (κ2) is 11.8. The third-order valence-corrected chi connectivity index (χ3v) is 5.41. The number of piperidine rings is 1. The van der Waals surface area contributed by atoms with E-state index in [0.717, 1.165) is 38.8 Å². The van der Waals surface area contributed by atoms with Gasteiger partial charge in [-0.15, -0.1) is 6.58 Å². The summed E-state index contributed by atoms with van der Waals surface area (Å²) >= 11 is 0. The maximum absolute atomic E-state index is 12.5. The Morgan fingerprint density at radius 1 is 1.31 bits per heavy atom. The van der Waals surface area contributed by atoms with Crippen molar-refractivity contribution in [3.05, 3.63) is 35.9 Å². The van der Waals surface area contributed by atoms with Gasteiger partial charge >= 0.3 is 0 Å². The predicted octanol–water partition coefficient (Wildman–Crippen LogP) is 3.66. The van der Waals surface area contributed by atoms with Crippen molar-refractivity contribution in [1.29, 1.82) is 0 Å². The first-order valence-corrected chi connectivity index (χ1v) is 10.4. The van der Waals surface area contributed by atoms with Crippen molar-refractivity contribution in [3.8, 4) is 11.5 Å². The van der Waals surface area contributed by atoms with Crippen LogP contribution < -0.4 is 14.8 Å². The first-order valence-electron chi connectivity index (χ1n) is 10.4. The lowest BCUT2D eigenvalue weighted by atomic mass is 10.0. The highest BCUT2D eigenvalue weighted by Crippen LogP contribution is 2.28. The van der Waals surface area contributed by atoms with Crippen molar-refractivity contribution in [2.45, 2.75) is 51.7 Å². The number of methoxy groups -OCH3 is 2. The summed E-state index contributed by atoms with van der Waals surface area (Å²) in [6.07, 6.45) is 4.20. The third kappa shape index (κ3) is 7.37. The van der Waals surface area contributed by atoms with Gasteiger partial charge in [-0.25, -0.2) is 0 Å². The first-order chi connectivity index (χ1) is 13.9. The van der Waals surface area contributed by atoms with Gasteiger partial charge in [-0.2, -0.15) is 0 Å². The van der Waals surface area contributed by atoms with Gasteiger partial charge in [-0.05, 0) is 51.7 Å². The Morgan fingerprint density at radius 3 is 2.66 bits per heavy atom. The molecular weight excluding hydrogens is 368 g/mol. The van der Waals surface area contributed by atoms with E-state index in [1.807, 2.05) is 0 Å². The predicted molar refractivity (Wildman–Crippen MR) is 116 cm³/mol. The molecular formula is C23H36N2O4. The van der Waals surface area contributed by atoms with E-state index >= 15 is 0 Å². The summed E-state index contributed by atoms with van der Waals surface area (Å²) in [6.45, 7) is 11.3. The molecule has 0 aliphatic carbocycles. The second-order valence-corrected chi connectivity index (χ2v) is 7.81. The molecule has 0 aromatic heterocycles. The van der Waals surface area contributed by atoms with Gasteiger partial charge in [0.1, 0.15) is 17.6 Å². The molecule has 1 aliphatic heterocycles. The van der Waals surface area contributed by atoms with E-state index in [2.05, 4.69) is 30.6 Å². The molecule has 0 unspecified atom stereocenters. The summed E-state index contributed by atoms with van der Waals surface area (Å²) < 4.78 is 16.6. The van der Waals surface area contributed by atoms with Crippen LogP contribution in [0.1, 0.15) is 49.9 Å². The highest BCUT2D eigenvalue weighted by Gasteiger charge is 2.25. The van der Waals surface area contributed by atoms with E-state index in [0.29, 0.717) is 36.3 Å². The highest BCUT2D eigenvalue weighted by atomic mass is 16.5. The van der Waals surface area contributed by atoms with Crippen LogP contribution in [0, 0.1) is 0 Å². The Kier molecular flexibility index (Phi) is 9.48. The Labute approximate surface area is 175 Å². The van der Waals surface area contributed by atoms with Gasteiger partial charge in [0, 0.05) is 38.9 Å². The Balaban J connectivity index is 1.97. The number of hydrogen-bond donors (Lipinski definition) is 1. The van der Waals surface area contributed by atoms with E-state index in [1.165, 1.54) is 5.57 Å². The molecule has 1 N–H and O–H groups in total. The van der Waals surface area contributed by atoms with Crippen molar-refractivity contribution in [2.24, 2.45) is 0 Å². The summed E-state index contributed by atoms with van der Waals surface area (Å²) in [6, 6.07) is 5.88. The van der Waals surface area contributed by atoms with Gasteiger partial charge in [-0.1, -0.05) is 5.57 Å². The van der Waals surface area contributed by atoms with Crippen LogP contribution in [-0.4, -0.2) is 63.4 Å². The first kappa shape index (κ1) is 23.2. The molecule has 1 atom stereocenters. The standard InChI is InChI=1S/C23H36N2O4/c1-17(2)6-7-18(3)25-13-10-19(11-14-25)29-22-16-20(28-5)8-9-21(22)23(26)24-12-15-27-4/h8-9,16,18-19H,1,6-7,10-15H2,2-5H3,(H,24,26)/t18-/m1/s1. The minimum atomic E-state index is -0.162. The van der Waals surface area contributed by atoms with Crippen LogP contribution >= 0.6 is 0 Å². The number of hydrogen-bond acceptors (Lipinski definition) is 5. The number of carbonyl (C=O) groups is 1. The van der Waals surface area contributed by atoms with Crippen molar-refractivity contribution in [2.75, 3.05) is 40.5 Å². The topological polar surface area (TPSA) is 60.0 Å². The third-order valence-electron chi connectivity index (χ3n) is 5.41. The lowest BCUT2D eigenvalue weighted by molar-refractivity contribution is 0.0754. The van der Waals surface area contributed by atoms with Crippen molar-refractivity contribution in [3.63, 3.8) is 0 Å². The minimum absolute atomic E-state index is 0.0946. The van der Waals surface area contributed by atoms with E-state index < -0.39 is 0 Å². The summed E-state index contributed by atoms with van der Waals surface area (Å²) in [5, 5.41) is 2.86. The zero-order chi connectivity index (χ0) is 21.2. The quantitative estimate of drug-likeness (QED) is 0.451. The zero-order valence-electron chi connectivity index (χ0n) is 18.3. The van der Waals surface area contributed by atoms with Crippen LogP contribution in [0.15, 0.2) is 30.4 Å². The molecule has 0 saturated carbocycles. The monoisotopic (exact) mass is 404 g/mol. The minimum Gasteiger partial charge on any atom is -0.497 e. The maximum atomic E-state index is 12.5. The lowest BCUT2D eigenvalue weighted by Crippen LogP contribution is -2.43. The molecule has 1 fully saturated rings. The number of allylic oxidation sites excluding steroid dienone is 1. The smallest absolute Gasteiger partial charge is 0.255 e. The van der Waals surface area contributed by atoms with Crippen LogP contribution in [0.4, 0.5) is 0 Å². The van der Waals surface area contributed by atoms with Crippen LogP contribution in [-0.2, 0) is 4.74 Å². The van der Waals surface area contributed by atoms with Crippen LogP contribution in [0.5, 0.6) is 11.5 Å². The number of amides is 1. The van der Waals surface area contributed by atoms with Gasteiger partial charge in [0.25, 0.3) is 5.91 Å². The van der Waals surface area contributed by atoms with E-state index in [9.17, 15) is 4.79 Å². The number of carbonyl (C=O) groups excluding carboxylic acids is 1. The summed E-state index contributed by atoms with van der Waals surface area (Å²) in [5.41, 5.74) is 1.77. The van der Waals surface area contributed by atoms with Crippen LogP contribution in [0.3, 0.4) is 0 Å². The fourth-order valence-corrected chi connectivity index (χ4v) is 3.53. The SMILES string of the molecule is C=C(C)CC[C@@H](C)N1CCC(Oc2cc(OC)ccc2C(=O)NCCOC)CC1. The summed E-state index contributed by atoms with van der Waals surface area (Å²) in [7, 11) is 3.22. The van der Waals surface area contributed by atoms with Crippen molar-refractivity contribution < 1.29 is 19.0 Å². The number of nitrogens with zero attached hydrogens (tertiary/aromatic N) is 1. The van der Waals surface area contributed by atoms with E-state index in [4.69, 9.17) is 14.2 Å². The molecule has 1 amide bonds. The van der Waals surface area contributed by atoms with Crippen LogP contribution in [0.2, 0.25) is 0 Å². The summed E-state index contributed by atoms with van der Waals surface area (Å²) in [4.78, 5) is 15.1. The number of rotatable bonds is 11. The summed E-state index contributed by atoms with van der Waals surface area (Å²) in [5.74, 6) is 1.10. The molecule has 1 aliphatic rings. The number of nitrogens with one attached hydrogen (secondary N) is 1. The Bertz CT molecular complexity index is 669. The molecule has 1 aromatic rings. The number of benzene rings is 1. The maximum Gasteiger partial charge on any atom is 0.255 e.